The first kappa shape index (κ1) is 37.4. The number of nitrogens with one attached hydrogen (secondary N) is 1. The Bertz CT molecular complexity index is 1880. The Morgan fingerprint density at radius 2 is 1.78 bits per heavy atom. The molecule has 7 rings (SSSR count). The zero-order chi connectivity index (χ0) is 37.7. The van der Waals surface area contributed by atoms with E-state index in [0.29, 0.717) is 48.6 Å². The van der Waals surface area contributed by atoms with Crippen molar-refractivity contribution in [3.63, 3.8) is 0 Å². The van der Waals surface area contributed by atoms with E-state index in [1.807, 2.05) is 65.6 Å². The van der Waals surface area contributed by atoms with Crippen molar-refractivity contribution >= 4 is 34.6 Å². The maximum Gasteiger partial charge on any atom is 0.332 e. The number of fused-ring (bicyclic) bond motifs is 3. The molecule has 3 aliphatic heterocycles. The van der Waals surface area contributed by atoms with Crippen LogP contribution < -0.4 is 14.8 Å². The summed E-state index contributed by atoms with van der Waals surface area (Å²) in [4.78, 5) is 64.6. The van der Waals surface area contributed by atoms with Gasteiger partial charge in [0.15, 0.2) is 0 Å². The van der Waals surface area contributed by atoms with Gasteiger partial charge in [0.1, 0.15) is 29.2 Å². The fourth-order valence-electron chi connectivity index (χ4n) is 8.35. The van der Waals surface area contributed by atoms with Gasteiger partial charge in [-0.05, 0) is 64.0 Å². The summed E-state index contributed by atoms with van der Waals surface area (Å²) >= 11 is 0. The Balaban J connectivity index is 1.22. The van der Waals surface area contributed by atoms with Gasteiger partial charge in [0, 0.05) is 60.8 Å². The van der Waals surface area contributed by atoms with E-state index in [1.165, 1.54) is 0 Å². The molecule has 4 aliphatic rings. The Morgan fingerprint density at radius 1 is 0.981 bits per heavy atom. The first-order chi connectivity index (χ1) is 26.3. The molecule has 1 aromatic heterocycles. The van der Waals surface area contributed by atoms with Gasteiger partial charge in [-0.25, -0.2) is 9.78 Å². The van der Waals surface area contributed by atoms with Crippen molar-refractivity contribution in [1.82, 2.24) is 20.1 Å². The molecule has 1 saturated carbocycles. The fraction of sp³-hybridized carbons (Fsp3) is 0.512. The van der Waals surface area contributed by atoms with Crippen LogP contribution in [-0.4, -0.2) is 89.5 Å². The summed E-state index contributed by atoms with van der Waals surface area (Å²) in [5, 5.41) is 3.84. The van der Waals surface area contributed by atoms with Crippen LogP contribution in [0.4, 0.5) is 0 Å². The van der Waals surface area contributed by atoms with Gasteiger partial charge in [0.25, 0.3) is 0 Å². The van der Waals surface area contributed by atoms with Gasteiger partial charge in [0.2, 0.25) is 17.7 Å². The Hall–Kier alpha value is -4.93. The number of hydrogen-bond acceptors (Lipinski definition) is 8. The molecule has 0 spiro atoms. The molecule has 0 bridgehead atoms. The second kappa shape index (κ2) is 16.6. The van der Waals surface area contributed by atoms with Crippen molar-refractivity contribution in [1.29, 1.82) is 0 Å². The molecule has 2 unspecified atom stereocenters. The third-order valence-corrected chi connectivity index (χ3v) is 11.5. The summed E-state index contributed by atoms with van der Waals surface area (Å²) in [6.45, 7) is 3.53. The van der Waals surface area contributed by atoms with Crippen LogP contribution >= 0.6 is 0 Å². The van der Waals surface area contributed by atoms with E-state index >= 15 is 0 Å². The molecule has 54 heavy (non-hydrogen) atoms. The quantitative estimate of drug-likeness (QED) is 0.213. The second-order valence-corrected chi connectivity index (χ2v) is 15.1. The smallest absolute Gasteiger partial charge is 0.332 e. The molecule has 1 N–H and O–H groups in total. The lowest BCUT2D eigenvalue weighted by atomic mass is 9.94. The largest absolute Gasteiger partial charge is 0.497 e. The van der Waals surface area contributed by atoms with Crippen LogP contribution in [0.3, 0.4) is 0 Å². The predicted molar refractivity (Wildman–Crippen MR) is 205 cm³/mol. The molecule has 3 aromatic rings. The molecule has 0 radical (unpaired) electrons. The first-order valence-electron chi connectivity index (χ1n) is 19.7. The van der Waals surface area contributed by atoms with Gasteiger partial charge >= 0.3 is 5.97 Å². The highest BCUT2D eigenvalue weighted by atomic mass is 16.5. The average molecular weight is 737 g/mol. The van der Waals surface area contributed by atoms with E-state index in [2.05, 4.69) is 11.4 Å². The summed E-state index contributed by atoms with van der Waals surface area (Å²) in [6.07, 6.45) is 11.4. The van der Waals surface area contributed by atoms with Gasteiger partial charge in [-0.15, -0.1) is 0 Å². The van der Waals surface area contributed by atoms with Crippen molar-refractivity contribution in [2.24, 2.45) is 11.8 Å². The lowest BCUT2D eigenvalue weighted by Crippen LogP contribution is -2.54. The molecule has 2 saturated heterocycles. The highest BCUT2D eigenvalue weighted by Crippen LogP contribution is 2.46. The highest BCUT2D eigenvalue weighted by molar-refractivity contribution is 5.96. The van der Waals surface area contributed by atoms with E-state index in [0.717, 1.165) is 55.9 Å². The number of aromatic nitrogens is 1. The highest BCUT2D eigenvalue weighted by Gasteiger charge is 2.62. The summed E-state index contributed by atoms with van der Waals surface area (Å²) in [5.41, 5.74) is 1.15. The number of piperidine rings is 1. The number of likely N-dealkylation sites (tertiary alicyclic amines) is 1. The van der Waals surface area contributed by atoms with Crippen LogP contribution in [0.25, 0.3) is 22.2 Å². The predicted octanol–water partition coefficient (Wildman–Crippen LogP) is 6.24. The first-order valence-corrected chi connectivity index (χ1v) is 19.7. The number of carbonyl (C=O) groups is 4. The molecule has 5 atom stereocenters. The average Bonchev–Trinajstić information content (AvgIpc) is 3.73. The van der Waals surface area contributed by atoms with Gasteiger partial charge in [-0.2, -0.15) is 0 Å². The number of carbonyl (C=O) groups excluding carboxylic acids is 4. The molecule has 11 heteroatoms. The Morgan fingerprint density at radius 3 is 2.56 bits per heavy atom. The minimum atomic E-state index is -1.17. The third kappa shape index (κ3) is 8.10. The van der Waals surface area contributed by atoms with Crippen LogP contribution in [0, 0.1) is 11.8 Å². The molecule has 1 aliphatic carbocycles. The zero-order valence-corrected chi connectivity index (χ0v) is 31.5. The SMILES string of the molecule is CCOC(=O)C12CC1/C=C\CCCCC[C@H](CC(=O)N1CCCCC1)C(=O)N1C[C@H](Oc3cc(-c4ccccc4)nc4cc(OC)ccc34)C[C@H]1C(=O)N2. The number of methoxy groups -OCH3 is 1. The number of pyridine rings is 1. The van der Waals surface area contributed by atoms with Gasteiger partial charge in [-0.3, -0.25) is 14.4 Å². The maximum absolute atomic E-state index is 14.7. The van der Waals surface area contributed by atoms with E-state index in [-0.39, 0.29) is 43.7 Å². The third-order valence-electron chi connectivity index (χ3n) is 11.5. The van der Waals surface area contributed by atoms with E-state index in [4.69, 9.17) is 19.2 Å². The molecule has 3 fully saturated rings. The van der Waals surface area contributed by atoms with E-state index in [9.17, 15) is 19.2 Å². The number of nitrogens with zero attached hydrogens (tertiary/aromatic N) is 3. The number of allylic oxidation sites excluding steroid dienone is 1. The van der Waals surface area contributed by atoms with Crippen molar-refractivity contribution in [2.75, 3.05) is 33.4 Å². The van der Waals surface area contributed by atoms with Crippen LogP contribution in [0.15, 0.2) is 66.7 Å². The zero-order valence-electron chi connectivity index (χ0n) is 31.5. The standard InChI is InChI=1S/C43H52N4O7/c1-3-53-42(51)43-27-31(43)18-12-6-4-5-9-17-30(23-39(48)46-21-13-8-14-22-46)41(50)47-28-33(25-37(47)40(49)45-43)54-38-26-35(29-15-10-7-11-16-29)44-36-24-32(52-2)19-20-34(36)38/h7,10-12,15-16,18-20,24,26,30-31,33,37H,3-6,8-9,13-14,17,21-23,25,27-28H2,1-2H3,(H,45,49)/b18-12-/t30-,31?,33-,37+,43?/m1/s1. The minimum absolute atomic E-state index is 0.00360. The minimum Gasteiger partial charge on any atom is -0.497 e. The number of hydrogen-bond donors (Lipinski definition) is 1. The number of benzene rings is 2. The lowest BCUT2D eigenvalue weighted by Gasteiger charge is -2.31. The topological polar surface area (TPSA) is 127 Å². The van der Waals surface area contributed by atoms with Crippen molar-refractivity contribution in [3.8, 4) is 22.8 Å². The van der Waals surface area contributed by atoms with Crippen LogP contribution in [0.2, 0.25) is 0 Å². The molecule has 11 nitrogen and oxygen atoms in total. The van der Waals surface area contributed by atoms with Gasteiger partial charge < -0.3 is 29.3 Å². The Labute approximate surface area is 317 Å². The normalized spacial score (nSPS) is 26.8. The summed E-state index contributed by atoms with van der Waals surface area (Å²) < 4.78 is 17.8. The van der Waals surface area contributed by atoms with Crippen molar-refractivity contribution in [2.45, 2.75) is 95.2 Å². The molecule has 4 heterocycles. The van der Waals surface area contributed by atoms with E-state index < -0.39 is 35.5 Å². The van der Waals surface area contributed by atoms with Crippen LogP contribution in [0.1, 0.15) is 77.6 Å². The molecular weight excluding hydrogens is 684 g/mol. The van der Waals surface area contributed by atoms with Crippen molar-refractivity contribution < 1.29 is 33.4 Å². The van der Waals surface area contributed by atoms with Crippen LogP contribution in [0.5, 0.6) is 11.5 Å². The second-order valence-electron chi connectivity index (χ2n) is 15.1. The Kier molecular flexibility index (Phi) is 11.5. The molecule has 286 valence electrons. The fourth-order valence-corrected chi connectivity index (χ4v) is 8.35. The molecular formula is C43H52N4O7. The molecule has 3 amide bonds. The van der Waals surface area contributed by atoms with Gasteiger partial charge in [-0.1, -0.05) is 55.3 Å². The van der Waals surface area contributed by atoms with Crippen molar-refractivity contribution in [3.05, 3.63) is 66.7 Å². The van der Waals surface area contributed by atoms with Crippen LogP contribution in [-0.2, 0) is 23.9 Å². The monoisotopic (exact) mass is 736 g/mol. The maximum atomic E-state index is 14.7. The summed E-state index contributed by atoms with van der Waals surface area (Å²) in [6, 6.07) is 16.5. The number of amides is 3. The number of ether oxygens (including phenoxy) is 3. The number of rotatable bonds is 8. The molecule has 2 aromatic carbocycles. The summed E-state index contributed by atoms with van der Waals surface area (Å²) in [5.74, 6) is -0.608. The van der Waals surface area contributed by atoms with Gasteiger partial charge in [0.05, 0.1) is 31.5 Å². The van der Waals surface area contributed by atoms with E-state index in [1.54, 1.807) is 18.9 Å². The lowest BCUT2D eigenvalue weighted by molar-refractivity contribution is -0.150. The number of esters is 1. The summed E-state index contributed by atoms with van der Waals surface area (Å²) in [7, 11) is 1.61.